The average Bonchev–Trinajstić information content (AvgIpc) is 2.72. The maximum absolute atomic E-state index is 12.8. The number of nitrogens with zero attached hydrogens (tertiary/aromatic N) is 4. The highest BCUT2D eigenvalue weighted by Crippen LogP contribution is 2.32. The summed E-state index contributed by atoms with van der Waals surface area (Å²) in [5.41, 5.74) is 4.32. The molecule has 3 heterocycles. The highest BCUT2D eigenvalue weighted by Gasteiger charge is 2.32. The first kappa shape index (κ1) is 21.9. The van der Waals surface area contributed by atoms with Crippen molar-refractivity contribution in [2.45, 2.75) is 51.9 Å². The summed E-state index contributed by atoms with van der Waals surface area (Å²) in [5.74, 6) is 1.40. The molecule has 7 nitrogen and oxygen atoms in total. The molecule has 31 heavy (non-hydrogen) atoms. The zero-order chi connectivity index (χ0) is 22.2. The molecule has 1 saturated heterocycles. The molecule has 166 valence electrons. The number of benzene rings is 1. The van der Waals surface area contributed by atoms with Gasteiger partial charge in [0.1, 0.15) is 11.6 Å². The second-order valence-corrected chi connectivity index (χ2v) is 10.7. The van der Waals surface area contributed by atoms with Crippen LogP contribution in [0.4, 0.5) is 5.82 Å². The van der Waals surface area contributed by atoms with E-state index in [1.165, 1.54) is 21.7 Å². The van der Waals surface area contributed by atoms with Gasteiger partial charge in [-0.3, -0.25) is 9.69 Å². The minimum Gasteiger partial charge on any atom is -0.296 e. The van der Waals surface area contributed by atoms with Gasteiger partial charge in [-0.2, -0.15) is 0 Å². The lowest BCUT2D eigenvalue weighted by Crippen LogP contribution is -2.40. The Morgan fingerprint density at radius 3 is 2.71 bits per heavy atom. The molecule has 8 heteroatoms. The van der Waals surface area contributed by atoms with Crippen LogP contribution in [-0.2, 0) is 27.7 Å². The predicted octanol–water partition coefficient (Wildman–Crippen LogP) is 2.75. The quantitative estimate of drug-likeness (QED) is 0.711. The molecule has 2 aliphatic rings. The van der Waals surface area contributed by atoms with Crippen molar-refractivity contribution in [3.8, 4) is 0 Å². The molecule has 0 radical (unpaired) electrons. The van der Waals surface area contributed by atoms with Gasteiger partial charge < -0.3 is 0 Å². The highest BCUT2D eigenvalue weighted by atomic mass is 32.2. The Kier molecular flexibility index (Phi) is 6.12. The van der Waals surface area contributed by atoms with Crippen LogP contribution in [0.2, 0.25) is 0 Å². The molecule has 0 bridgehead atoms. The summed E-state index contributed by atoms with van der Waals surface area (Å²) in [7, 11) is -3.24. The van der Waals surface area contributed by atoms with Crippen LogP contribution in [0, 0.1) is 13.8 Å². The number of hydrogen-bond donors (Lipinski definition) is 0. The first-order chi connectivity index (χ1) is 14.7. The lowest BCUT2D eigenvalue weighted by atomic mass is 9.97. The Balaban J connectivity index is 1.62. The van der Waals surface area contributed by atoms with Gasteiger partial charge in [-0.1, -0.05) is 29.8 Å². The number of rotatable bonds is 5. The molecule has 0 N–H and O–H groups in total. The van der Waals surface area contributed by atoms with Crippen LogP contribution in [0.3, 0.4) is 0 Å². The Hall–Kier alpha value is -2.32. The average molecular weight is 443 g/mol. The van der Waals surface area contributed by atoms with E-state index in [0.29, 0.717) is 44.1 Å². The Bertz CT molecular complexity index is 1100. The molecule has 1 fully saturated rings. The summed E-state index contributed by atoms with van der Waals surface area (Å²) >= 11 is 0. The van der Waals surface area contributed by atoms with E-state index < -0.39 is 10.0 Å². The molecule has 4 rings (SSSR count). The van der Waals surface area contributed by atoms with Gasteiger partial charge in [0, 0.05) is 43.2 Å². The van der Waals surface area contributed by atoms with Crippen LogP contribution in [0.1, 0.15) is 53.4 Å². The third-order valence-corrected chi connectivity index (χ3v) is 7.55. The smallest absolute Gasteiger partial charge is 0.228 e. The molecule has 0 aliphatic carbocycles. The second kappa shape index (κ2) is 8.67. The molecule has 1 aromatic heterocycles. The van der Waals surface area contributed by atoms with Crippen molar-refractivity contribution >= 4 is 21.7 Å². The van der Waals surface area contributed by atoms with Gasteiger partial charge in [-0.25, -0.2) is 22.7 Å². The lowest BCUT2D eigenvalue weighted by Gasteiger charge is -2.33. The van der Waals surface area contributed by atoms with E-state index >= 15 is 0 Å². The van der Waals surface area contributed by atoms with Crippen LogP contribution >= 0.6 is 0 Å². The molecule has 1 atom stereocenters. The van der Waals surface area contributed by atoms with Crippen molar-refractivity contribution in [2.24, 2.45) is 0 Å². The number of aryl methyl sites for hydroxylation is 2. The predicted molar refractivity (Wildman–Crippen MR) is 121 cm³/mol. The van der Waals surface area contributed by atoms with E-state index in [2.05, 4.69) is 25.1 Å². The number of hydrogen-bond acceptors (Lipinski definition) is 5. The summed E-state index contributed by atoms with van der Waals surface area (Å²) in [6.07, 6.45) is 4.77. The van der Waals surface area contributed by atoms with Crippen LogP contribution in [0.15, 0.2) is 24.3 Å². The van der Waals surface area contributed by atoms with E-state index in [4.69, 9.17) is 9.97 Å². The van der Waals surface area contributed by atoms with Crippen molar-refractivity contribution in [2.75, 3.05) is 30.8 Å². The standard InChI is InChI=1S/C23H30N4O3S/c1-16-6-4-7-18(14-16)11-13-27-21(28)10-9-20-17(2)24-22(25-23(20)27)19-8-5-12-26(15-19)31(3,29)30/h4,6-7,14,19H,5,8-13,15H2,1-3H3/t19-/m1/s1. The van der Waals surface area contributed by atoms with E-state index in [0.717, 1.165) is 30.5 Å². The maximum Gasteiger partial charge on any atom is 0.228 e. The van der Waals surface area contributed by atoms with Crippen LogP contribution in [0.25, 0.3) is 0 Å². The Morgan fingerprint density at radius 1 is 1.16 bits per heavy atom. The monoisotopic (exact) mass is 442 g/mol. The fourth-order valence-corrected chi connectivity index (χ4v) is 5.49. The highest BCUT2D eigenvalue weighted by molar-refractivity contribution is 7.88. The summed E-state index contributed by atoms with van der Waals surface area (Å²) in [6, 6.07) is 8.34. The molecular formula is C23H30N4O3S. The second-order valence-electron chi connectivity index (χ2n) is 8.71. The van der Waals surface area contributed by atoms with Crippen molar-refractivity contribution in [3.05, 3.63) is 52.5 Å². The lowest BCUT2D eigenvalue weighted by molar-refractivity contribution is -0.118. The number of anilines is 1. The maximum atomic E-state index is 12.8. The summed E-state index contributed by atoms with van der Waals surface area (Å²) in [4.78, 5) is 24.2. The fraction of sp³-hybridized carbons (Fsp3) is 0.522. The van der Waals surface area contributed by atoms with E-state index in [-0.39, 0.29) is 11.8 Å². The van der Waals surface area contributed by atoms with Gasteiger partial charge in [-0.05, 0) is 45.1 Å². The van der Waals surface area contributed by atoms with Gasteiger partial charge in [0.2, 0.25) is 15.9 Å². The molecule has 0 spiro atoms. The molecule has 1 amide bonds. The van der Waals surface area contributed by atoms with Gasteiger partial charge in [0.15, 0.2) is 0 Å². The summed E-state index contributed by atoms with van der Waals surface area (Å²) in [6.45, 7) is 5.55. The zero-order valence-electron chi connectivity index (χ0n) is 18.5. The van der Waals surface area contributed by atoms with Crippen molar-refractivity contribution in [3.63, 3.8) is 0 Å². The van der Waals surface area contributed by atoms with Crippen molar-refractivity contribution in [1.29, 1.82) is 0 Å². The van der Waals surface area contributed by atoms with Crippen molar-refractivity contribution < 1.29 is 13.2 Å². The Labute approximate surface area is 184 Å². The normalized spacial score (nSPS) is 20.0. The topological polar surface area (TPSA) is 83.5 Å². The van der Waals surface area contributed by atoms with E-state index in [1.54, 1.807) is 4.90 Å². The molecule has 2 aliphatic heterocycles. The number of carbonyl (C=O) groups is 1. The summed E-state index contributed by atoms with van der Waals surface area (Å²) < 4.78 is 25.6. The number of aromatic nitrogens is 2. The van der Waals surface area contributed by atoms with Gasteiger partial charge in [0.05, 0.1) is 6.26 Å². The number of carbonyl (C=O) groups excluding carboxylic acids is 1. The van der Waals surface area contributed by atoms with Crippen LogP contribution in [-0.4, -0.2) is 54.5 Å². The first-order valence-electron chi connectivity index (χ1n) is 10.9. The van der Waals surface area contributed by atoms with E-state index in [9.17, 15) is 13.2 Å². The first-order valence-corrected chi connectivity index (χ1v) is 12.8. The minimum atomic E-state index is -3.24. The van der Waals surface area contributed by atoms with Gasteiger partial charge in [0.25, 0.3) is 0 Å². The molecule has 0 unspecified atom stereocenters. The van der Waals surface area contributed by atoms with Gasteiger partial charge >= 0.3 is 0 Å². The minimum absolute atomic E-state index is 0.0527. The third kappa shape index (κ3) is 4.80. The Morgan fingerprint density at radius 2 is 1.97 bits per heavy atom. The summed E-state index contributed by atoms with van der Waals surface area (Å²) in [5, 5.41) is 0. The fourth-order valence-electron chi connectivity index (χ4n) is 4.58. The molecule has 1 aromatic carbocycles. The number of piperidine rings is 1. The van der Waals surface area contributed by atoms with Crippen LogP contribution in [0.5, 0.6) is 0 Å². The van der Waals surface area contributed by atoms with Gasteiger partial charge in [-0.15, -0.1) is 0 Å². The number of sulfonamides is 1. The molecule has 0 saturated carbocycles. The van der Waals surface area contributed by atoms with E-state index in [1.807, 2.05) is 13.0 Å². The molecular weight excluding hydrogens is 412 g/mol. The largest absolute Gasteiger partial charge is 0.296 e. The third-order valence-electron chi connectivity index (χ3n) is 6.28. The van der Waals surface area contributed by atoms with Crippen LogP contribution < -0.4 is 4.90 Å². The zero-order valence-corrected chi connectivity index (χ0v) is 19.3. The number of fused-ring (bicyclic) bond motifs is 1. The van der Waals surface area contributed by atoms with Crippen molar-refractivity contribution in [1.82, 2.24) is 14.3 Å². The number of amides is 1. The molecule has 2 aromatic rings. The SMILES string of the molecule is Cc1cccc(CCN2C(=O)CCc3c(C)nc([C@@H]4CCCN(S(C)(=O)=O)C4)nc32)c1.